The minimum Gasteiger partial charge on any atom is -0.480 e. The number of rotatable bonds is 6. The number of H-pyrrole nitrogens is 1. The quantitative estimate of drug-likeness (QED) is 0.642. The van der Waals surface area contributed by atoms with E-state index in [0.29, 0.717) is 6.54 Å². The zero-order valence-electron chi connectivity index (χ0n) is 15.7. The number of aliphatic carboxylic acids is 1. The van der Waals surface area contributed by atoms with E-state index in [4.69, 9.17) is 5.11 Å². The van der Waals surface area contributed by atoms with E-state index in [-0.39, 0.29) is 6.54 Å². The van der Waals surface area contributed by atoms with Gasteiger partial charge in [0, 0.05) is 35.6 Å². The molecular weight excluding hydrogens is 348 g/mol. The average molecular weight is 370 g/mol. The molecule has 0 atom stereocenters. The van der Waals surface area contributed by atoms with Gasteiger partial charge in [0.1, 0.15) is 0 Å². The second kappa shape index (κ2) is 9.40. The number of carbonyl (C=O) groups is 1. The monoisotopic (exact) mass is 370 g/mol. The molecule has 0 spiro atoms. The zero-order valence-corrected chi connectivity index (χ0v) is 15.7. The van der Waals surface area contributed by atoms with E-state index in [9.17, 15) is 4.79 Å². The molecule has 3 rings (SSSR count). The van der Waals surface area contributed by atoms with Gasteiger partial charge < -0.3 is 10.1 Å². The molecule has 0 amide bonds. The summed E-state index contributed by atoms with van der Waals surface area (Å²) in [6, 6.07) is 20.0. The zero-order chi connectivity index (χ0) is 19.8. The van der Waals surface area contributed by atoms with Gasteiger partial charge in [-0.3, -0.25) is 9.69 Å². The first-order valence-electron chi connectivity index (χ1n) is 9.03. The highest BCUT2D eigenvalue weighted by Gasteiger charge is 2.05. The Balaban J connectivity index is 1.93. The van der Waals surface area contributed by atoms with Crippen molar-refractivity contribution in [2.45, 2.75) is 0 Å². The Morgan fingerprint density at radius 2 is 1.86 bits per heavy atom. The fourth-order valence-corrected chi connectivity index (χ4v) is 2.87. The molecule has 0 aliphatic carbocycles. The van der Waals surface area contributed by atoms with Crippen molar-refractivity contribution < 1.29 is 9.90 Å². The third kappa shape index (κ3) is 5.23. The molecule has 0 unspecified atom stereocenters. The molecule has 140 valence electrons. The van der Waals surface area contributed by atoms with E-state index in [1.165, 1.54) is 0 Å². The summed E-state index contributed by atoms with van der Waals surface area (Å²) in [6.45, 7) is 0.493. The lowest BCUT2D eigenvalue weighted by molar-refractivity contribution is -0.137. The summed E-state index contributed by atoms with van der Waals surface area (Å²) in [5.41, 5.74) is 5.00. The first-order valence-corrected chi connectivity index (χ1v) is 9.03. The highest BCUT2D eigenvalue weighted by molar-refractivity contribution is 5.81. The Labute approximate surface area is 165 Å². The minimum absolute atomic E-state index is 0.0116. The number of nitrogens with zero attached hydrogens (tertiary/aromatic N) is 1. The largest absolute Gasteiger partial charge is 0.480 e. The Kier molecular flexibility index (Phi) is 6.46. The summed E-state index contributed by atoms with van der Waals surface area (Å²) < 4.78 is 0. The van der Waals surface area contributed by atoms with Crippen LogP contribution in [0.4, 0.5) is 0 Å². The molecule has 4 nitrogen and oxygen atoms in total. The van der Waals surface area contributed by atoms with Gasteiger partial charge in [0.05, 0.1) is 6.54 Å². The number of nitrogens with one attached hydrogen (secondary N) is 1. The van der Waals surface area contributed by atoms with Crippen LogP contribution in [0.5, 0.6) is 0 Å². The number of likely N-dealkylation sites (N-methyl/N-ethyl adjacent to an activating group) is 1. The van der Waals surface area contributed by atoms with Crippen LogP contribution in [0, 0.1) is 11.8 Å². The summed E-state index contributed by atoms with van der Waals surface area (Å²) >= 11 is 0. The van der Waals surface area contributed by atoms with Crippen molar-refractivity contribution in [2.75, 3.05) is 20.1 Å². The predicted molar refractivity (Wildman–Crippen MR) is 113 cm³/mol. The van der Waals surface area contributed by atoms with Crippen molar-refractivity contribution in [3.8, 4) is 23.0 Å². The molecule has 1 heterocycles. The van der Waals surface area contributed by atoms with E-state index < -0.39 is 5.97 Å². The number of hydrogen-bond donors (Lipinski definition) is 2. The molecule has 1 aromatic heterocycles. The molecule has 0 fully saturated rings. The van der Waals surface area contributed by atoms with Gasteiger partial charge >= 0.3 is 5.97 Å². The Morgan fingerprint density at radius 1 is 1.11 bits per heavy atom. The highest BCUT2D eigenvalue weighted by atomic mass is 16.4. The molecular formula is C24H22N2O2. The second-order valence-corrected chi connectivity index (χ2v) is 6.47. The molecule has 0 aliphatic rings. The molecule has 4 heteroatoms. The van der Waals surface area contributed by atoms with E-state index in [1.807, 2.05) is 73.1 Å². The van der Waals surface area contributed by atoms with Crippen LogP contribution in [-0.4, -0.2) is 41.1 Å². The van der Waals surface area contributed by atoms with Gasteiger partial charge in [-0.25, -0.2) is 0 Å². The molecule has 0 saturated heterocycles. The number of allylic oxidation sites excluding steroid dienone is 1. The third-order valence-electron chi connectivity index (χ3n) is 4.26. The Morgan fingerprint density at radius 3 is 2.57 bits per heavy atom. The number of aromatic amines is 1. The number of hydrogen-bond acceptors (Lipinski definition) is 2. The maximum Gasteiger partial charge on any atom is 0.317 e. The van der Waals surface area contributed by atoms with Gasteiger partial charge in [0.15, 0.2) is 0 Å². The van der Waals surface area contributed by atoms with Crippen LogP contribution in [0.2, 0.25) is 0 Å². The van der Waals surface area contributed by atoms with Gasteiger partial charge in [-0.1, -0.05) is 66.4 Å². The third-order valence-corrected chi connectivity index (χ3v) is 4.26. The molecule has 3 aromatic rings. The van der Waals surface area contributed by atoms with E-state index in [0.717, 1.165) is 27.8 Å². The van der Waals surface area contributed by atoms with Crippen LogP contribution >= 0.6 is 0 Å². The SMILES string of the molecule is CN(C/C=C(/C#Cc1ccccc1-c1cc[nH]c1)c1ccccc1)CC(=O)O. The Hall–Kier alpha value is -3.55. The van der Waals surface area contributed by atoms with E-state index >= 15 is 0 Å². The normalized spacial score (nSPS) is 11.1. The molecule has 0 aliphatic heterocycles. The topological polar surface area (TPSA) is 56.3 Å². The average Bonchev–Trinajstić information content (AvgIpc) is 3.23. The van der Waals surface area contributed by atoms with Crippen molar-refractivity contribution in [3.05, 3.63) is 90.3 Å². The Bertz CT molecular complexity index is 1010. The van der Waals surface area contributed by atoms with Crippen LogP contribution in [0.25, 0.3) is 16.7 Å². The smallest absolute Gasteiger partial charge is 0.317 e. The molecule has 2 aromatic carbocycles. The highest BCUT2D eigenvalue weighted by Crippen LogP contribution is 2.23. The first-order chi connectivity index (χ1) is 13.6. The van der Waals surface area contributed by atoms with Gasteiger partial charge in [0.2, 0.25) is 0 Å². The van der Waals surface area contributed by atoms with Crippen LogP contribution in [0.3, 0.4) is 0 Å². The van der Waals surface area contributed by atoms with Gasteiger partial charge in [-0.2, -0.15) is 0 Å². The lowest BCUT2D eigenvalue weighted by Gasteiger charge is -2.11. The number of aromatic nitrogens is 1. The van der Waals surface area contributed by atoms with Crippen molar-refractivity contribution in [1.82, 2.24) is 9.88 Å². The molecule has 28 heavy (non-hydrogen) atoms. The summed E-state index contributed by atoms with van der Waals surface area (Å²) in [5.74, 6) is 5.74. The lowest BCUT2D eigenvalue weighted by atomic mass is 10.0. The fourth-order valence-electron chi connectivity index (χ4n) is 2.87. The van der Waals surface area contributed by atoms with Crippen LogP contribution in [-0.2, 0) is 4.79 Å². The number of benzene rings is 2. The number of carboxylic acid groups (broad SMARTS) is 1. The van der Waals surface area contributed by atoms with Crippen LogP contribution < -0.4 is 0 Å². The van der Waals surface area contributed by atoms with E-state index in [2.05, 4.69) is 22.9 Å². The van der Waals surface area contributed by atoms with Crippen LogP contribution in [0.1, 0.15) is 11.1 Å². The van der Waals surface area contributed by atoms with Crippen LogP contribution in [0.15, 0.2) is 79.1 Å². The summed E-state index contributed by atoms with van der Waals surface area (Å²) in [6.07, 6.45) is 5.83. The summed E-state index contributed by atoms with van der Waals surface area (Å²) in [5, 5.41) is 8.95. The molecule has 0 radical (unpaired) electrons. The minimum atomic E-state index is -0.844. The molecule has 2 N–H and O–H groups in total. The van der Waals surface area contributed by atoms with Crippen molar-refractivity contribution in [2.24, 2.45) is 0 Å². The first kappa shape index (κ1) is 19.2. The predicted octanol–water partition coefficient (Wildman–Crippen LogP) is 4.13. The van der Waals surface area contributed by atoms with Crippen molar-refractivity contribution >= 4 is 11.5 Å². The fraction of sp³-hybridized carbons (Fsp3) is 0.125. The molecule has 0 bridgehead atoms. The maximum atomic E-state index is 10.9. The van der Waals surface area contributed by atoms with Gasteiger partial charge in [-0.15, -0.1) is 0 Å². The molecule has 0 saturated carbocycles. The second-order valence-electron chi connectivity index (χ2n) is 6.47. The summed E-state index contributed by atoms with van der Waals surface area (Å²) in [7, 11) is 1.78. The van der Waals surface area contributed by atoms with Crippen molar-refractivity contribution in [3.63, 3.8) is 0 Å². The maximum absolute atomic E-state index is 10.9. The van der Waals surface area contributed by atoms with Crippen molar-refractivity contribution in [1.29, 1.82) is 0 Å². The van der Waals surface area contributed by atoms with Gasteiger partial charge in [-0.05, 0) is 30.3 Å². The summed E-state index contributed by atoms with van der Waals surface area (Å²) in [4.78, 5) is 15.7. The van der Waals surface area contributed by atoms with E-state index in [1.54, 1.807) is 11.9 Å². The standard InChI is InChI=1S/C24H22N2O2/c1-26(18-24(27)28)16-14-20(19-7-3-2-4-8-19)11-12-21-9-5-6-10-23(21)22-13-15-25-17-22/h2-10,13-15,17,25H,16,18H2,1H3,(H,27,28)/b20-14-. The van der Waals surface area contributed by atoms with Gasteiger partial charge in [0.25, 0.3) is 0 Å². The number of carboxylic acids is 1. The lowest BCUT2D eigenvalue weighted by Crippen LogP contribution is -2.25.